The molecule has 2 fully saturated rings. The van der Waals surface area contributed by atoms with Gasteiger partial charge in [0.1, 0.15) is 6.10 Å². The van der Waals surface area contributed by atoms with Gasteiger partial charge in [-0.3, -0.25) is 9.59 Å². The molecule has 2 aliphatic heterocycles. The molecule has 2 amide bonds. The molecule has 0 spiro atoms. The topological polar surface area (TPSA) is 75.6 Å². The quantitative estimate of drug-likeness (QED) is 0.808. The summed E-state index contributed by atoms with van der Waals surface area (Å²) in [5.74, 6) is -0.787. The number of carbonyl (C=O) groups is 2. The highest BCUT2D eigenvalue weighted by Gasteiger charge is 2.36. The van der Waals surface area contributed by atoms with Gasteiger partial charge in [0.25, 0.3) is 0 Å². The fourth-order valence-electron chi connectivity index (χ4n) is 3.03. The van der Waals surface area contributed by atoms with Crippen LogP contribution in [0.25, 0.3) is 0 Å². The molecule has 3 heterocycles. The zero-order chi connectivity index (χ0) is 16.4. The lowest BCUT2D eigenvalue weighted by molar-refractivity contribution is -0.138. The summed E-state index contributed by atoms with van der Waals surface area (Å²) in [5, 5.41) is 0. The Morgan fingerprint density at radius 2 is 2.09 bits per heavy atom. The highest BCUT2D eigenvalue weighted by atomic mass is 19.1. The zero-order valence-corrected chi connectivity index (χ0v) is 12.9. The SMILES string of the molecule is CN1CC(C(=O)N2CCCC(Oc3ncc(F)cn3)C2)CC1=O. The van der Waals surface area contributed by atoms with Crippen molar-refractivity contribution in [1.82, 2.24) is 19.8 Å². The van der Waals surface area contributed by atoms with Gasteiger partial charge in [0.15, 0.2) is 5.82 Å². The first-order valence-electron chi connectivity index (χ1n) is 7.70. The number of likely N-dealkylation sites (tertiary alicyclic amines) is 2. The maximum absolute atomic E-state index is 12.8. The van der Waals surface area contributed by atoms with Crippen LogP contribution in [0.1, 0.15) is 19.3 Å². The monoisotopic (exact) mass is 322 g/mol. The molecule has 7 nitrogen and oxygen atoms in total. The van der Waals surface area contributed by atoms with Gasteiger partial charge in [-0.2, -0.15) is 0 Å². The summed E-state index contributed by atoms with van der Waals surface area (Å²) in [5.41, 5.74) is 0. The fraction of sp³-hybridized carbons (Fsp3) is 0.600. The second-order valence-electron chi connectivity index (χ2n) is 6.03. The van der Waals surface area contributed by atoms with Crippen molar-refractivity contribution < 1.29 is 18.7 Å². The van der Waals surface area contributed by atoms with Crippen LogP contribution < -0.4 is 4.74 Å². The average molecular weight is 322 g/mol. The lowest BCUT2D eigenvalue weighted by atomic mass is 10.0. The summed E-state index contributed by atoms with van der Waals surface area (Å²) >= 11 is 0. The molecule has 0 bridgehead atoms. The summed E-state index contributed by atoms with van der Waals surface area (Å²) in [6.45, 7) is 1.58. The Morgan fingerprint density at radius 3 is 2.74 bits per heavy atom. The lowest BCUT2D eigenvalue weighted by Gasteiger charge is -2.33. The maximum Gasteiger partial charge on any atom is 0.316 e. The Morgan fingerprint density at radius 1 is 1.35 bits per heavy atom. The Labute approximate surface area is 133 Å². The molecule has 0 aromatic carbocycles. The minimum atomic E-state index is -0.521. The third kappa shape index (κ3) is 3.57. The molecular formula is C15H19FN4O3. The van der Waals surface area contributed by atoms with E-state index in [4.69, 9.17) is 4.74 Å². The minimum absolute atomic E-state index is 0.00368. The van der Waals surface area contributed by atoms with Gasteiger partial charge in [-0.1, -0.05) is 0 Å². The summed E-state index contributed by atoms with van der Waals surface area (Å²) in [4.78, 5) is 35.0. The first-order valence-corrected chi connectivity index (χ1v) is 7.70. The normalized spacial score (nSPS) is 24.9. The molecule has 8 heteroatoms. The molecule has 2 unspecified atom stereocenters. The first-order chi connectivity index (χ1) is 11.0. The van der Waals surface area contributed by atoms with Gasteiger partial charge in [0.2, 0.25) is 11.8 Å². The van der Waals surface area contributed by atoms with E-state index in [2.05, 4.69) is 9.97 Å². The Balaban J connectivity index is 1.58. The van der Waals surface area contributed by atoms with Gasteiger partial charge < -0.3 is 14.5 Å². The molecule has 2 saturated heterocycles. The predicted octanol–water partition coefficient (Wildman–Crippen LogP) is 0.464. The molecule has 2 atom stereocenters. The van der Waals surface area contributed by atoms with Gasteiger partial charge in [0, 0.05) is 26.6 Å². The lowest BCUT2D eigenvalue weighted by Crippen LogP contribution is -2.47. The van der Waals surface area contributed by atoms with E-state index in [9.17, 15) is 14.0 Å². The predicted molar refractivity (Wildman–Crippen MR) is 78.0 cm³/mol. The summed E-state index contributed by atoms with van der Waals surface area (Å²) in [7, 11) is 1.71. The number of nitrogens with zero attached hydrogens (tertiary/aromatic N) is 4. The van der Waals surface area contributed by atoms with E-state index < -0.39 is 5.82 Å². The van der Waals surface area contributed by atoms with E-state index in [0.29, 0.717) is 19.6 Å². The third-order valence-electron chi connectivity index (χ3n) is 4.25. The van der Waals surface area contributed by atoms with Gasteiger partial charge in [-0.25, -0.2) is 14.4 Å². The number of ether oxygens (including phenoxy) is 1. The number of hydrogen-bond acceptors (Lipinski definition) is 5. The van der Waals surface area contributed by atoms with Crippen molar-refractivity contribution in [2.75, 3.05) is 26.7 Å². The molecule has 0 N–H and O–H groups in total. The molecule has 1 aromatic rings. The first kappa shape index (κ1) is 15.6. The van der Waals surface area contributed by atoms with Crippen molar-refractivity contribution in [3.05, 3.63) is 18.2 Å². The molecule has 2 aliphatic rings. The van der Waals surface area contributed by atoms with Crippen molar-refractivity contribution in [3.63, 3.8) is 0 Å². The average Bonchev–Trinajstić information content (AvgIpc) is 2.88. The van der Waals surface area contributed by atoms with Crippen molar-refractivity contribution in [2.24, 2.45) is 5.92 Å². The van der Waals surface area contributed by atoms with E-state index >= 15 is 0 Å². The zero-order valence-electron chi connectivity index (χ0n) is 12.9. The Hall–Kier alpha value is -2.25. The van der Waals surface area contributed by atoms with Crippen molar-refractivity contribution in [2.45, 2.75) is 25.4 Å². The molecule has 3 rings (SSSR count). The number of hydrogen-bond donors (Lipinski definition) is 0. The minimum Gasteiger partial charge on any atom is -0.458 e. The van der Waals surface area contributed by atoms with E-state index in [1.165, 1.54) is 0 Å². The van der Waals surface area contributed by atoms with Crippen LogP contribution in [0.4, 0.5) is 4.39 Å². The third-order valence-corrected chi connectivity index (χ3v) is 4.25. The maximum atomic E-state index is 12.8. The highest BCUT2D eigenvalue weighted by Crippen LogP contribution is 2.22. The second kappa shape index (κ2) is 6.47. The van der Waals surface area contributed by atoms with Crippen molar-refractivity contribution in [3.8, 4) is 6.01 Å². The van der Waals surface area contributed by atoms with Crippen LogP contribution in [0.5, 0.6) is 6.01 Å². The molecule has 0 aliphatic carbocycles. The number of rotatable bonds is 3. The smallest absolute Gasteiger partial charge is 0.316 e. The fourth-order valence-corrected chi connectivity index (χ4v) is 3.03. The summed E-state index contributed by atoms with van der Waals surface area (Å²) in [6, 6.07) is 0.112. The summed E-state index contributed by atoms with van der Waals surface area (Å²) < 4.78 is 18.4. The number of halogens is 1. The van der Waals surface area contributed by atoms with Crippen LogP contribution in [-0.2, 0) is 9.59 Å². The van der Waals surface area contributed by atoms with Crippen LogP contribution in [-0.4, -0.2) is 64.4 Å². The molecule has 0 saturated carbocycles. The van der Waals surface area contributed by atoms with Crippen LogP contribution in [0, 0.1) is 11.7 Å². The summed E-state index contributed by atoms with van der Waals surface area (Å²) in [6.07, 6.45) is 3.76. The largest absolute Gasteiger partial charge is 0.458 e. The van der Waals surface area contributed by atoms with Crippen molar-refractivity contribution >= 4 is 11.8 Å². The van der Waals surface area contributed by atoms with Crippen LogP contribution in [0.15, 0.2) is 12.4 Å². The van der Waals surface area contributed by atoms with E-state index in [1.807, 2.05) is 0 Å². The Bertz CT molecular complexity index is 595. The molecular weight excluding hydrogens is 303 g/mol. The van der Waals surface area contributed by atoms with Gasteiger partial charge in [0.05, 0.1) is 24.9 Å². The van der Waals surface area contributed by atoms with E-state index in [0.717, 1.165) is 25.2 Å². The Kier molecular flexibility index (Phi) is 4.40. The van der Waals surface area contributed by atoms with E-state index in [-0.39, 0.29) is 36.3 Å². The van der Waals surface area contributed by atoms with Gasteiger partial charge in [-0.05, 0) is 12.8 Å². The van der Waals surface area contributed by atoms with Gasteiger partial charge in [-0.15, -0.1) is 0 Å². The van der Waals surface area contributed by atoms with Crippen LogP contribution in [0.2, 0.25) is 0 Å². The number of piperidine rings is 1. The number of amides is 2. The van der Waals surface area contributed by atoms with E-state index in [1.54, 1.807) is 16.8 Å². The van der Waals surface area contributed by atoms with Crippen molar-refractivity contribution in [1.29, 1.82) is 0 Å². The molecule has 1 aromatic heterocycles. The van der Waals surface area contributed by atoms with Crippen LogP contribution >= 0.6 is 0 Å². The highest BCUT2D eigenvalue weighted by molar-refractivity contribution is 5.89. The second-order valence-corrected chi connectivity index (χ2v) is 6.03. The molecule has 23 heavy (non-hydrogen) atoms. The standard InChI is InChI=1S/C15H19FN4O3/c1-19-8-10(5-13(19)21)14(22)20-4-2-3-12(9-20)23-15-17-6-11(16)7-18-15/h6-7,10,12H,2-5,8-9H2,1H3. The van der Waals surface area contributed by atoms with Crippen LogP contribution in [0.3, 0.4) is 0 Å². The molecule has 124 valence electrons. The molecule has 0 radical (unpaired) electrons. The number of carbonyl (C=O) groups excluding carboxylic acids is 2. The number of aromatic nitrogens is 2. The van der Waals surface area contributed by atoms with Gasteiger partial charge >= 0.3 is 6.01 Å².